The van der Waals surface area contributed by atoms with Gasteiger partial charge in [-0.25, -0.2) is 0 Å². The van der Waals surface area contributed by atoms with Crippen molar-refractivity contribution in [3.8, 4) is 0 Å². The molecule has 0 aliphatic heterocycles. The molecule has 1 nitrogen and oxygen atoms in total. The zero-order valence-electron chi connectivity index (χ0n) is 12.1. The summed E-state index contributed by atoms with van der Waals surface area (Å²) in [6, 6.07) is 0. The number of rotatable bonds is 2. The first-order chi connectivity index (χ1) is 8.60. The minimum Gasteiger partial charge on any atom is -0.385 e. The fourth-order valence-electron chi connectivity index (χ4n) is 3.16. The van der Waals surface area contributed by atoms with Gasteiger partial charge in [0.05, 0.1) is 5.60 Å². The highest BCUT2D eigenvalue weighted by Crippen LogP contribution is 2.35. The highest BCUT2D eigenvalue weighted by Gasteiger charge is 2.33. The van der Waals surface area contributed by atoms with Gasteiger partial charge in [-0.15, -0.1) is 6.58 Å². The molecule has 0 amide bonds. The molecule has 0 aromatic rings. The molecule has 1 aliphatic rings. The molecule has 1 fully saturated rings. The highest BCUT2D eigenvalue weighted by atomic mass is 16.3. The lowest BCUT2D eigenvalue weighted by molar-refractivity contribution is 0.0278. The lowest BCUT2D eigenvalue weighted by Gasteiger charge is -2.35. The van der Waals surface area contributed by atoms with Crippen LogP contribution in [-0.4, -0.2) is 10.7 Å². The quantitative estimate of drug-likeness (QED) is 0.683. The van der Waals surface area contributed by atoms with Gasteiger partial charge in [0.2, 0.25) is 0 Å². The first kappa shape index (κ1) is 15.5. The summed E-state index contributed by atoms with van der Waals surface area (Å²) in [7, 11) is 0. The lowest BCUT2D eigenvalue weighted by atomic mass is 9.76. The van der Waals surface area contributed by atoms with E-state index in [0.717, 1.165) is 24.8 Å². The van der Waals surface area contributed by atoms with Gasteiger partial charge in [-0.1, -0.05) is 69.6 Å². The van der Waals surface area contributed by atoms with Crippen molar-refractivity contribution in [2.45, 2.75) is 76.7 Å². The van der Waals surface area contributed by atoms with Crippen molar-refractivity contribution < 1.29 is 5.11 Å². The van der Waals surface area contributed by atoms with Crippen molar-refractivity contribution in [2.75, 3.05) is 0 Å². The van der Waals surface area contributed by atoms with Crippen molar-refractivity contribution in [2.24, 2.45) is 5.92 Å². The van der Waals surface area contributed by atoms with Gasteiger partial charge < -0.3 is 5.11 Å². The minimum absolute atomic E-state index is 0.189. The fourth-order valence-corrected chi connectivity index (χ4v) is 3.16. The van der Waals surface area contributed by atoms with Crippen LogP contribution in [0.25, 0.3) is 0 Å². The predicted molar refractivity (Wildman–Crippen MR) is 79.6 cm³/mol. The summed E-state index contributed by atoms with van der Waals surface area (Å²) < 4.78 is 0. The summed E-state index contributed by atoms with van der Waals surface area (Å²) in [6.07, 6.45) is 13.9. The van der Waals surface area contributed by atoms with E-state index in [-0.39, 0.29) is 5.92 Å². The second-order valence-corrected chi connectivity index (χ2v) is 5.96. The molecule has 1 aliphatic carbocycles. The summed E-state index contributed by atoms with van der Waals surface area (Å²) in [4.78, 5) is 0. The Balaban J connectivity index is 2.71. The molecule has 2 unspecified atom stereocenters. The molecule has 0 aromatic heterocycles. The number of hydrogen-bond acceptors (Lipinski definition) is 1. The fraction of sp³-hybridized carbons (Fsp3) is 0.765. The van der Waals surface area contributed by atoms with Gasteiger partial charge in [-0.3, -0.25) is 0 Å². The summed E-state index contributed by atoms with van der Waals surface area (Å²) in [5.74, 6) is 0.189. The normalized spacial score (nSPS) is 32.0. The lowest BCUT2D eigenvalue weighted by Crippen LogP contribution is -2.36. The first-order valence-electron chi connectivity index (χ1n) is 7.61. The van der Waals surface area contributed by atoms with Crippen LogP contribution >= 0.6 is 0 Å². The van der Waals surface area contributed by atoms with Crippen molar-refractivity contribution >= 4 is 0 Å². The second-order valence-electron chi connectivity index (χ2n) is 5.96. The molecule has 1 heteroatoms. The van der Waals surface area contributed by atoms with Gasteiger partial charge >= 0.3 is 0 Å². The van der Waals surface area contributed by atoms with Crippen LogP contribution in [0.15, 0.2) is 24.8 Å². The zero-order valence-corrected chi connectivity index (χ0v) is 12.1. The van der Waals surface area contributed by atoms with E-state index in [1.807, 2.05) is 6.92 Å². The van der Waals surface area contributed by atoms with Crippen LogP contribution in [0.1, 0.15) is 71.1 Å². The maximum atomic E-state index is 10.8. The predicted octanol–water partition coefficient (Wildman–Crippen LogP) is 5.01. The second kappa shape index (κ2) is 7.78. The molecule has 0 aromatic carbocycles. The van der Waals surface area contributed by atoms with E-state index in [1.165, 1.54) is 44.9 Å². The largest absolute Gasteiger partial charge is 0.385 e. The molecule has 0 saturated heterocycles. The van der Waals surface area contributed by atoms with Crippen LogP contribution in [0.3, 0.4) is 0 Å². The SMILES string of the molecule is C=CC1(O)CCCCCCCCCCC1C(=C)C. The van der Waals surface area contributed by atoms with Crippen molar-refractivity contribution in [3.05, 3.63) is 24.8 Å². The van der Waals surface area contributed by atoms with Gasteiger partial charge in [0.25, 0.3) is 0 Å². The van der Waals surface area contributed by atoms with Gasteiger partial charge in [-0.2, -0.15) is 0 Å². The van der Waals surface area contributed by atoms with E-state index in [1.54, 1.807) is 6.08 Å². The first-order valence-corrected chi connectivity index (χ1v) is 7.61. The molecular weight excluding hydrogens is 220 g/mol. The number of aliphatic hydroxyl groups is 1. The van der Waals surface area contributed by atoms with Crippen LogP contribution in [0.5, 0.6) is 0 Å². The summed E-state index contributed by atoms with van der Waals surface area (Å²) >= 11 is 0. The van der Waals surface area contributed by atoms with E-state index in [0.29, 0.717) is 0 Å². The molecule has 1 saturated carbocycles. The number of hydrogen-bond donors (Lipinski definition) is 1. The van der Waals surface area contributed by atoms with E-state index in [4.69, 9.17) is 0 Å². The third kappa shape index (κ3) is 4.61. The topological polar surface area (TPSA) is 20.2 Å². The van der Waals surface area contributed by atoms with Crippen LogP contribution in [0.2, 0.25) is 0 Å². The molecule has 0 spiro atoms. The van der Waals surface area contributed by atoms with Crippen molar-refractivity contribution in [1.29, 1.82) is 0 Å². The molecule has 18 heavy (non-hydrogen) atoms. The molecule has 1 rings (SSSR count). The van der Waals surface area contributed by atoms with E-state index < -0.39 is 5.60 Å². The van der Waals surface area contributed by atoms with Crippen molar-refractivity contribution in [1.82, 2.24) is 0 Å². The zero-order chi connectivity index (χ0) is 13.4. The van der Waals surface area contributed by atoms with Crippen LogP contribution < -0.4 is 0 Å². The van der Waals surface area contributed by atoms with E-state index in [9.17, 15) is 5.11 Å². The maximum Gasteiger partial charge on any atom is 0.0889 e. The van der Waals surface area contributed by atoms with Crippen LogP contribution in [0.4, 0.5) is 0 Å². The Morgan fingerprint density at radius 1 is 1.06 bits per heavy atom. The molecule has 104 valence electrons. The Labute approximate surface area is 113 Å². The van der Waals surface area contributed by atoms with E-state index in [2.05, 4.69) is 13.2 Å². The molecule has 1 N–H and O–H groups in total. The summed E-state index contributed by atoms with van der Waals surface area (Å²) in [5, 5.41) is 10.8. The van der Waals surface area contributed by atoms with Crippen LogP contribution in [-0.2, 0) is 0 Å². The average Bonchev–Trinajstić information content (AvgIpc) is 2.33. The third-order valence-electron chi connectivity index (χ3n) is 4.37. The highest BCUT2D eigenvalue weighted by molar-refractivity contribution is 5.12. The summed E-state index contributed by atoms with van der Waals surface area (Å²) in [5.41, 5.74) is 0.375. The standard InChI is InChI=1S/C17H30O/c1-4-17(18)14-12-10-8-6-5-7-9-11-13-16(17)15(2)3/h4,16,18H,1-2,5-14H2,3H3. The Morgan fingerprint density at radius 3 is 2.06 bits per heavy atom. The molecule has 2 atom stereocenters. The average molecular weight is 250 g/mol. The Morgan fingerprint density at radius 2 is 1.56 bits per heavy atom. The van der Waals surface area contributed by atoms with Gasteiger partial charge in [0.15, 0.2) is 0 Å². The van der Waals surface area contributed by atoms with Gasteiger partial charge in [0, 0.05) is 5.92 Å². The Kier molecular flexibility index (Phi) is 6.70. The van der Waals surface area contributed by atoms with E-state index >= 15 is 0 Å². The van der Waals surface area contributed by atoms with Gasteiger partial charge in [-0.05, 0) is 19.8 Å². The molecule has 0 heterocycles. The summed E-state index contributed by atoms with van der Waals surface area (Å²) in [6.45, 7) is 10.00. The maximum absolute atomic E-state index is 10.8. The Bertz CT molecular complexity index is 269. The molecule has 0 radical (unpaired) electrons. The Hall–Kier alpha value is -0.560. The minimum atomic E-state index is -0.731. The molecular formula is C17H30O. The molecule has 0 bridgehead atoms. The monoisotopic (exact) mass is 250 g/mol. The van der Waals surface area contributed by atoms with Gasteiger partial charge in [0.1, 0.15) is 0 Å². The smallest absolute Gasteiger partial charge is 0.0889 e. The van der Waals surface area contributed by atoms with Crippen LogP contribution in [0, 0.1) is 5.92 Å². The third-order valence-corrected chi connectivity index (χ3v) is 4.37. The van der Waals surface area contributed by atoms with Crippen molar-refractivity contribution in [3.63, 3.8) is 0 Å².